The highest BCUT2D eigenvalue weighted by molar-refractivity contribution is 14.1. The minimum absolute atomic E-state index is 0.369. The van der Waals surface area contributed by atoms with Crippen molar-refractivity contribution in [3.05, 3.63) is 20.2 Å². The third kappa shape index (κ3) is 3.82. The van der Waals surface area contributed by atoms with Crippen LogP contribution in [0.25, 0.3) is 0 Å². The van der Waals surface area contributed by atoms with Crippen molar-refractivity contribution in [3.63, 3.8) is 0 Å². The molecule has 0 aromatic carbocycles. The van der Waals surface area contributed by atoms with Crippen LogP contribution >= 0.6 is 34.2 Å². The molecule has 0 N–H and O–H groups in total. The number of hydrogen-bond donors (Lipinski definition) is 0. The number of nitrogens with zero attached hydrogens (tertiary/aromatic N) is 2. The molecule has 0 bridgehead atoms. The molecule has 1 rings (SSSR count). The summed E-state index contributed by atoms with van der Waals surface area (Å²) in [7, 11) is 1.70. The van der Waals surface area contributed by atoms with Gasteiger partial charge in [0.25, 0.3) is 0 Å². The van der Waals surface area contributed by atoms with Crippen molar-refractivity contribution in [2.45, 2.75) is 32.6 Å². The molecule has 90 valence electrons. The van der Waals surface area contributed by atoms with Crippen LogP contribution in [0.2, 0.25) is 5.15 Å². The molecule has 0 aliphatic rings. The van der Waals surface area contributed by atoms with E-state index in [9.17, 15) is 0 Å². The summed E-state index contributed by atoms with van der Waals surface area (Å²) in [6, 6.07) is 0. The van der Waals surface area contributed by atoms with Gasteiger partial charge in [0.15, 0.2) is 0 Å². The fraction of sp³-hybridized carbons (Fsp3) is 0.636. The zero-order valence-corrected chi connectivity index (χ0v) is 12.7. The number of aromatic nitrogens is 2. The van der Waals surface area contributed by atoms with Crippen LogP contribution in [0.15, 0.2) is 0 Å². The topological polar surface area (TPSA) is 35.0 Å². The third-order valence-electron chi connectivity index (χ3n) is 2.18. The predicted octanol–water partition coefficient (Wildman–Crippen LogP) is 3.44. The molecule has 0 aliphatic heterocycles. The second-order valence-electron chi connectivity index (χ2n) is 3.88. The monoisotopic (exact) mass is 354 g/mol. The number of rotatable bonds is 5. The third-order valence-corrected chi connectivity index (χ3v) is 3.83. The number of hydrogen-bond acceptors (Lipinski definition) is 3. The van der Waals surface area contributed by atoms with Gasteiger partial charge >= 0.3 is 0 Å². The van der Waals surface area contributed by atoms with Crippen molar-refractivity contribution >= 4 is 34.2 Å². The largest absolute Gasteiger partial charge is 0.385 e. The minimum Gasteiger partial charge on any atom is -0.385 e. The van der Waals surface area contributed by atoms with Crippen LogP contribution in [0, 0.1) is 3.57 Å². The number of aryl methyl sites for hydroxylation is 1. The molecule has 0 saturated heterocycles. The van der Waals surface area contributed by atoms with Gasteiger partial charge < -0.3 is 4.74 Å². The smallest absolute Gasteiger partial charge is 0.146 e. The molecule has 0 radical (unpaired) electrons. The van der Waals surface area contributed by atoms with E-state index in [4.69, 9.17) is 16.3 Å². The summed E-state index contributed by atoms with van der Waals surface area (Å²) in [5, 5.41) is 0.562. The summed E-state index contributed by atoms with van der Waals surface area (Å²) in [5.41, 5.74) is 1.04. The Morgan fingerprint density at radius 2 is 2.06 bits per heavy atom. The molecule has 0 aliphatic carbocycles. The highest BCUT2D eigenvalue weighted by Gasteiger charge is 2.13. The molecule has 0 fully saturated rings. The van der Waals surface area contributed by atoms with Crippen molar-refractivity contribution in [2.75, 3.05) is 13.7 Å². The van der Waals surface area contributed by atoms with Crippen molar-refractivity contribution < 1.29 is 4.74 Å². The van der Waals surface area contributed by atoms with E-state index in [1.165, 1.54) is 0 Å². The normalized spacial score (nSPS) is 11.1. The maximum Gasteiger partial charge on any atom is 0.146 e. The molecule has 1 aromatic rings. The van der Waals surface area contributed by atoms with Crippen LogP contribution in [0.4, 0.5) is 0 Å². The minimum atomic E-state index is 0.369. The van der Waals surface area contributed by atoms with Gasteiger partial charge in [0.05, 0.1) is 9.26 Å². The second kappa shape index (κ2) is 6.71. The zero-order chi connectivity index (χ0) is 12.1. The molecule has 5 heteroatoms. The molecule has 3 nitrogen and oxygen atoms in total. The average molecular weight is 355 g/mol. The van der Waals surface area contributed by atoms with Crippen LogP contribution < -0.4 is 0 Å². The van der Waals surface area contributed by atoms with Gasteiger partial charge in [0.2, 0.25) is 0 Å². The SMILES string of the molecule is COCCCc1nc(Cl)c(I)c(C(C)C)n1. The lowest BCUT2D eigenvalue weighted by Crippen LogP contribution is -2.06. The molecule has 0 atom stereocenters. The Kier molecular flexibility index (Phi) is 5.92. The van der Waals surface area contributed by atoms with Crippen LogP contribution in [0.3, 0.4) is 0 Å². The van der Waals surface area contributed by atoms with Gasteiger partial charge in [0, 0.05) is 20.1 Å². The van der Waals surface area contributed by atoms with E-state index in [-0.39, 0.29) is 0 Å². The molecule has 0 spiro atoms. The summed E-state index contributed by atoms with van der Waals surface area (Å²) >= 11 is 8.29. The van der Waals surface area contributed by atoms with Crippen LogP contribution in [-0.2, 0) is 11.2 Å². The molecule has 1 aromatic heterocycles. The second-order valence-corrected chi connectivity index (χ2v) is 5.32. The molecule has 1 heterocycles. The summed E-state index contributed by atoms with van der Waals surface area (Å²) in [4.78, 5) is 8.82. The van der Waals surface area contributed by atoms with E-state index in [1.54, 1.807) is 7.11 Å². The van der Waals surface area contributed by atoms with E-state index in [0.717, 1.165) is 34.5 Å². The van der Waals surface area contributed by atoms with E-state index in [0.29, 0.717) is 11.1 Å². The lowest BCUT2D eigenvalue weighted by molar-refractivity contribution is 0.194. The van der Waals surface area contributed by atoms with Crippen molar-refractivity contribution in [1.82, 2.24) is 9.97 Å². The quantitative estimate of drug-likeness (QED) is 0.461. The molecule has 16 heavy (non-hydrogen) atoms. The van der Waals surface area contributed by atoms with Gasteiger partial charge in [-0.05, 0) is 34.9 Å². The molecule has 0 amide bonds. The Morgan fingerprint density at radius 3 is 2.62 bits per heavy atom. The summed E-state index contributed by atoms with van der Waals surface area (Å²) in [5.74, 6) is 1.18. The van der Waals surface area contributed by atoms with Crippen LogP contribution in [0.5, 0.6) is 0 Å². The number of halogens is 2. The Morgan fingerprint density at radius 1 is 1.38 bits per heavy atom. The van der Waals surface area contributed by atoms with Gasteiger partial charge in [-0.2, -0.15) is 0 Å². The van der Waals surface area contributed by atoms with Crippen molar-refractivity contribution in [2.24, 2.45) is 0 Å². The van der Waals surface area contributed by atoms with E-state index in [1.807, 2.05) is 0 Å². The molecular weight excluding hydrogens is 338 g/mol. The van der Waals surface area contributed by atoms with Gasteiger partial charge in [0.1, 0.15) is 11.0 Å². The highest BCUT2D eigenvalue weighted by atomic mass is 127. The van der Waals surface area contributed by atoms with E-state index >= 15 is 0 Å². The van der Waals surface area contributed by atoms with Crippen LogP contribution in [-0.4, -0.2) is 23.7 Å². The summed E-state index contributed by atoms with van der Waals surface area (Å²) in [6.45, 7) is 4.95. The Bertz CT molecular complexity index is 358. The molecular formula is C11H16ClIN2O. The number of methoxy groups -OCH3 is 1. The first-order valence-electron chi connectivity index (χ1n) is 5.27. The van der Waals surface area contributed by atoms with E-state index in [2.05, 4.69) is 46.4 Å². The maximum absolute atomic E-state index is 6.09. The summed E-state index contributed by atoms with van der Waals surface area (Å²) < 4.78 is 5.97. The lowest BCUT2D eigenvalue weighted by atomic mass is 10.1. The van der Waals surface area contributed by atoms with Crippen molar-refractivity contribution in [1.29, 1.82) is 0 Å². The molecule has 0 unspecified atom stereocenters. The lowest BCUT2D eigenvalue weighted by Gasteiger charge is -2.10. The van der Waals surface area contributed by atoms with Gasteiger partial charge in [-0.1, -0.05) is 25.4 Å². The standard InChI is InChI=1S/C11H16ClIN2O/c1-7(2)10-9(13)11(12)15-8(14-10)5-4-6-16-3/h7H,4-6H2,1-3H3. The Labute approximate surface area is 115 Å². The number of ether oxygens (including phenoxy) is 1. The first-order chi connectivity index (χ1) is 7.56. The highest BCUT2D eigenvalue weighted by Crippen LogP contribution is 2.25. The van der Waals surface area contributed by atoms with E-state index < -0.39 is 0 Å². The van der Waals surface area contributed by atoms with Gasteiger partial charge in [-0.15, -0.1) is 0 Å². The maximum atomic E-state index is 6.09. The average Bonchev–Trinajstić information content (AvgIpc) is 2.23. The molecule has 0 saturated carbocycles. The van der Waals surface area contributed by atoms with Crippen molar-refractivity contribution in [3.8, 4) is 0 Å². The van der Waals surface area contributed by atoms with Crippen LogP contribution in [0.1, 0.15) is 37.7 Å². The Balaban J connectivity index is 2.86. The Hall–Kier alpha value is 0.0600. The zero-order valence-electron chi connectivity index (χ0n) is 9.76. The predicted molar refractivity (Wildman–Crippen MR) is 74.0 cm³/mol. The van der Waals surface area contributed by atoms with Gasteiger partial charge in [-0.25, -0.2) is 9.97 Å². The first kappa shape index (κ1) is 14.1. The first-order valence-corrected chi connectivity index (χ1v) is 6.72. The fourth-order valence-corrected chi connectivity index (χ4v) is 2.41. The summed E-state index contributed by atoms with van der Waals surface area (Å²) in [6.07, 6.45) is 1.73. The van der Waals surface area contributed by atoms with Gasteiger partial charge in [-0.3, -0.25) is 0 Å². The fourth-order valence-electron chi connectivity index (χ4n) is 1.35.